The summed E-state index contributed by atoms with van der Waals surface area (Å²) in [7, 11) is 1.70. The molecule has 2 aromatic heterocycles. The van der Waals surface area contributed by atoms with Crippen LogP contribution in [0.5, 0.6) is 0 Å². The number of H-pyrrole nitrogens is 1. The molecule has 3 rings (SSSR count). The average molecular weight is 328 g/mol. The van der Waals surface area contributed by atoms with Crippen LogP contribution < -0.4 is 0 Å². The molecular formula is C18H24N4O2. The molecule has 0 unspecified atom stereocenters. The summed E-state index contributed by atoms with van der Waals surface area (Å²) in [6.07, 6.45) is 4.71. The van der Waals surface area contributed by atoms with Gasteiger partial charge in [-0.1, -0.05) is 0 Å². The first-order valence-electron chi connectivity index (χ1n) is 8.24. The zero-order chi connectivity index (χ0) is 17.3. The van der Waals surface area contributed by atoms with Gasteiger partial charge in [-0.2, -0.15) is 0 Å². The van der Waals surface area contributed by atoms with Crippen LogP contribution in [-0.4, -0.2) is 45.5 Å². The van der Waals surface area contributed by atoms with Gasteiger partial charge in [0.25, 0.3) is 0 Å². The SMILES string of the molecule is CO[C@@H]1C[C@@H](c2nc(C)c(C)[nH]2)N(C(=O)Cc2ccncc2C)C1. The smallest absolute Gasteiger partial charge is 0.227 e. The number of likely N-dealkylation sites (tertiary alicyclic amines) is 1. The third-order valence-electron chi connectivity index (χ3n) is 4.86. The molecule has 0 aliphatic carbocycles. The number of aromatic amines is 1. The minimum Gasteiger partial charge on any atom is -0.380 e. The number of hydrogen-bond donors (Lipinski definition) is 1. The van der Waals surface area contributed by atoms with Crippen molar-refractivity contribution in [2.24, 2.45) is 0 Å². The molecule has 1 aliphatic rings. The highest BCUT2D eigenvalue weighted by Crippen LogP contribution is 2.33. The van der Waals surface area contributed by atoms with E-state index in [0.29, 0.717) is 13.0 Å². The Morgan fingerprint density at radius 1 is 1.42 bits per heavy atom. The predicted molar refractivity (Wildman–Crippen MR) is 90.6 cm³/mol. The number of hydrogen-bond acceptors (Lipinski definition) is 4. The fraction of sp³-hybridized carbons (Fsp3) is 0.500. The molecule has 2 aromatic rings. The maximum atomic E-state index is 12.9. The average Bonchev–Trinajstić information content (AvgIpc) is 3.13. The van der Waals surface area contributed by atoms with Crippen molar-refractivity contribution in [3.05, 3.63) is 46.8 Å². The Balaban J connectivity index is 1.83. The number of amides is 1. The summed E-state index contributed by atoms with van der Waals surface area (Å²) in [6.45, 7) is 6.56. The molecule has 0 spiro atoms. The molecule has 0 aromatic carbocycles. The van der Waals surface area contributed by atoms with Gasteiger partial charge >= 0.3 is 0 Å². The van der Waals surface area contributed by atoms with Gasteiger partial charge in [0.2, 0.25) is 5.91 Å². The predicted octanol–water partition coefficient (Wildman–Crippen LogP) is 2.26. The number of ether oxygens (including phenoxy) is 1. The number of rotatable bonds is 4. The van der Waals surface area contributed by atoms with Gasteiger partial charge in [-0.3, -0.25) is 9.78 Å². The van der Waals surface area contributed by atoms with Crippen LogP contribution in [-0.2, 0) is 16.0 Å². The lowest BCUT2D eigenvalue weighted by Gasteiger charge is -2.23. The standard InChI is InChI=1S/C18H24N4O2/c1-11-9-19-6-5-14(11)7-17(23)22-10-15(24-4)8-16(22)18-20-12(2)13(3)21-18/h5-6,9,15-16H,7-8,10H2,1-4H3,(H,20,21)/t15-,16+/m1/s1. The number of carbonyl (C=O) groups excluding carboxylic acids is 1. The van der Waals surface area contributed by atoms with Crippen molar-refractivity contribution in [3.8, 4) is 0 Å². The number of aromatic nitrogens is 3. The van der Waals surface area contributed by atoms with Crippen molar-refractivity contribution in [3.63, 3.8) is 0 Å². The summed E-state index contributed by atoms with van der Waals surface area (Å²) in [6, 6.07) is 1.85. The van der Waals surface area contributed by atoms with Crippen molar-refractivity contribution >= 4 is 5.91 Å². The highest BCUT2D eigenvalue weighted by Gasteiger charge is 2.38. The first-order chi connectivity index (χ1) is 11.5. The first-order valence-corrected chi connectivity index (χ1v) is 8.24. The number of imidazole rings is 1. The van der Waals surface area contributed by atoms with Gasteiger partial charge in [0.1, 0.15) is 5.82 Å². The molecule has 0 bridgehead atoms. The van der Waals surface area contributed by atoms with E-state index in [2.05, 4.69) is 15.0 Å². The fourth-order valence-corrected chi connectivity index (χ4v) is 3.20. The van der Waals surface area contributed by atoms with E-state index in [9.17, 15) is 4.79 Å². The van der Waals surface area contributed by atoms with Crippen LogP contribution in [0.1, 0.15) is 40.8 Å². The van der Waals surface area contributed by atoms with E-state index >= 15 is 0 Å². The Morgan fingerprint density at radius 3 is 2.83 bits per heavy atom. The molecule has 1 aliphatic heterocycles. The summed E-state index contributed by atoms with van der Waals surface area (Å²) >= 11 is 0. The van der Waals surface area contributed by atoms with Crippen molar-refractivity contribution in [1.29, 1.82) is 0 Å². The summed E-state index contributed by atoms with van der Waals surface area (Å²) < 4.78 is 5.51. The Bertz CT molecular complexity index is 721. The lowest BCUT2D eigenvalue weighted by Crippen LogP contribution is -2.33. The maximum absolute atomic E-state index is 12.9. The minimum atomic E-state index is -0.0583. The zero-order valence-corrected chi connectivity index (χ0v) is 14.7. The van der Waals surface area contributed by atoms with Gasteiger partial charge < -0.3 is 14.6 Å². The topological polar surface area (TPSA) is 71.1 Å². The van der Waals surface area contributed by atoms with Gasteiger partial charge in [-0.15, -0.1) is 0 Å². The molecule has 2 atom stereocenters. The zero-order valence-electron chi connectivity index (χ0n) is 14.7. The summed E-state index contributed by atoms with van der Waals surface area (Å²) in [5.74, 6) is 0.949. The van der Waals surface area contributed by atoms with Gasteiger partial charge in [0.05, 0.1) is 24.3 Å². The van der Waals surface area contributed by atoms with Gasteiger partial charge in [0.15, 0.2) is 0 Å². The number of carbonyl (C=O) groups is 1. The van der Waals surface area contributed by atoms with Crippen LogP contribution in [0.4, 0.5) is 0 Å². The minimum absolute atomic E-state index is 0.0446. The van der Waals surface area contributed by atoms with Gasteiger partial charge in [-0.25, -0.2) is 4.98 Å². The number of nitrogens with one attached hydrogen (secondary N) is 1. The lowest BCUT2D eigenvalue weighted by molar-refractivity contribution is -0.131. The van der Waals surface area contributed by atoms with Gasteiger partial charge in [-0.05, 0) is 38.0 Å². The molecule has 1 N–H and O–H groups in total. The molecule has 0 radical (unpaired) electrons. The molecule has 0 saturated carbocycles. The fourth-order valence-electron chi connectivity index (χ4n) is 3.20. The molecular weight excluding hydrogens is 304 g/mol. The molecule has 6 heteroatoms. The highest BCUT2D eigenvalue weighted by atomic mass is 16.5. The van der Waals surface area contributed by atoms with Crippen molar-refractivity contribution in [2.75, 3.05) is 13.7 Å². The molecule has 1 saturated heterocycles. The summed E-state index contributed by atoms with van der Waals surface area (Å²) in [4.78, 5) is 26.8. The van der Waals surface area contributed by atoms with Crippen molar-refractivity contribution in [1.82, 2.24) is 19.9 Å². The normalized spacial score (nSPS) is 20.6. The van der Waals surface area contributed by atoms with E-state index < -0.39 is 0 Å². The van der Waals surface area contributed by atoms with Crippen LogP contribution >= 0.6 is 0 Å². The Kier molecular flexibility index (Phi) is 4.66. The number of aryl methyl sites for hydroxylation is 3. The molecule has 24 heavy (non-hydrogen) atoms. The molecule has 1 fully saturated rings. The second-order valence-corrected chi connectivity index (χ2v) is 6.47. The third kappa shape index (κ3) is 3.19. The molecule has 6 nitrogen and oxygen atoms in total. The highest BCUT2D eigenvalue weighted by molar-refractivity contribution is 5.79. The van der Waals surface area contributed by atoms with Crippen LogP contribution in [0.2, 0.25) is 0 Å². The summed E-state index contributed by atoms with van der Waals surface area (Å²) in [5, 5.41) is 0. The summed E-state index contributed by atoms with van der Waals surface area (Å²) in [5.41, 5.74) is 4.07. The van der Waals surface area contributed by atoms with E-state index in [0.717, 1.165) is 34.8 Å². The molecule has 3 heterocycles. The monoisotopic (exact) mass is 328 g/mol. The third-order valence-corrected chi connectivity index (χ3v) is 4.86. The molecule has 128 valence electrons. The van der Waals surface area contributed by atoms with Crippen molar-refractivity contribution in [2.45, 2.75) is 45.8 Å². The van der Waals surface area contributed by atoms with E-state index in [1.54, 1.807) is 19.5 Å². The van der Waals surface area contributed by atoms with Crippen molar-refractivity contribution < 1.29 is 9.53 Å². The Hall–Kier alpha value is -2.21. The first kappa shape index (κ1) is 16.6. The van der Waals surface area contributed by atoms with Crippen LogP contribution in [0.3, 0.4) is 0 Å². The number of methoxy groups -OCH3 is 1. The number of nitrogens with zero attached hydrogens (tertiary/aromatic N) is 3. The van der Waals surface area contributed by atoms with E-state index in [4.69, 9.17) is 4.74 Å². The van der Waals surface area contributed by atoms with E-state index in [-0.39, 0.29) is 18.1 Å². The van der Waals surface area contributed by atoms with E-state index in [1.807, 2.05) is 31.7 Å². The second kappa shape index (κ2) is 6.73. The largest absolute Gasteiger partial charge is 0.380 e. The van der Waals surface area contributed by atoms with E-state index in [1.165, 1.54) is 0 Å². The van der Waals surface area contributed by atoms with Gasteiger partial charge in [0, 0.05) is 38.2 Å². The Labute approximate surface area is 142 Å². The Morgan fingerprint density at radius 2 is 2.21 bits per heavy atom. The van der Waals surface area contributed by atoms with Crippen LogP contribution in [0.15, 0.2) is 18.5 Å². The van der Waals surface area contributed by atoms with Crippen LogP contribution in [0, 0.1) is 20.8 Å². The maximum Gasteiger partial charge on any atom is 0.227 e. The quantitative estimate of drug-likeness (QED) is 0.934. The lowest BCUT2D eigenvalue weighted by atomic mass is 10.1. The number of pyridine rings is 1. The van der Waals surface area contributed by atoms with Crippen LogP contribution in [0.25, 0.3) is 0 Å². The molecule has 1 amide bonds. The second-order valence-electron chi connectivity index (χ2n) is 6.47.